The summed E-state index contributed by atoms with van der Waals surface area (Å²) >= 11 is 0. The molecule has 1 rings (SSSR count). The van der Waals surface area contributed by atoms with E-state index in [9.17, 15) is 4.79 Å². The highest BCUT2D eigenvalue weighted by Gasteiger charge is 1.98. The molecule has 2 amide bonds. The maximum atomic E-state index is 11.0. The van der Waals surface area contributed by atoms with E-state index in [1.54, 1.807) is 24.3 Å². The molecular weight excluding hydrogens is 182 g/mol. The minimum Gasteiger partial charge on any atom is -0.399 e. The fraction of sp³-hybridized carbons (Fsp3) is 0. The van der Waals surface area contributed by atoms with Crippen LogP contribution < -0.4 is 22.5 Å². The van der Waals surface area contributed by atoms with Crippen molar-refractivity contribution in [1.29, 1.82) is 0 Å². The van der Waals surface area contributed by atoms with Gasteiger partial charge in [0.15, 0.2) is 5.96 Å². The molecule has 1 aromatic carbocycles. The third-order valence-electron chi connectivity index (χ3n) is 1.39. The molecule has 0 aliphatic heterocycles. The number of hydrogen-bond donors (Lipinski definition) is 4. The zero-order valence-corrected chi connectivity index (χ0v) is 7.40. The van der Waals surface area contributed by atoms with Crippen molar-refractivity contribution in [3.05, 3.63) is 24.3 Å². The quantitative estimate of drug-likeness (QED) is 0.286. The first-order valence-electron chi connectivity index (χ1n) is 3.84. The van der Waals surface area contributed by atoms with Crippen LogP contribution in [-0.2, 0) is 0 Å². The van der Waals surface area contributed by atoms with Crippen LogP contribution in [0, 0.1) is 0 Å². The number of carbonyl (C=O) groups is 1. The molecule has 0 unspecified atom stereocenters. The zero-order chi connectivity index (χ0) is 10.6. The van der Waals surface area contributed by atoms with Crippen LogP contribution in [0.5, 0.6) is 0 Å². The van der Waals surface area contributed by atoms with Crippen LogP contribution in [0.25, 0.3) is 0 Å². The van der Waals surface area contributed by atoms with Crippen LogP contribution in [0.15, 0.2) is 29.3 Å². The van der Waals surface area contributed by atoms with Gasteiger partial charge < -0.3 is 22.5 Å². The van der Waals surface area contributed by atoms with Gasteiger partial charge in [0.05, 0.1) is 0 Å². The number of guanidine groups is 1. The molecule has 0 spiro atoms. The molecule has 0 aliphatic carbocycles. The lowest BCUT2D eigenvalue weighted by molar-refractivity contribution is 0.259. The van der Waals surface area contributed by atoms with Crippen molar-refractivity contribution in [2.45, 2.75) is 0 Å². The van der Waals surface area contributed by atoms with Gasteiger partial charge >= 0.3 is 6.03 Å². The van der Waals surface area contributed by atoms with Crippen LogP contribution in [0.3, 0.4) is 0 Å². The van der Waals surface area contributed by atoms with Gasteiger partial charge in [-0.2, -0.15) is 4.99 Å². The van der Waals surface area contributed by atoms with Crippen molar-refractivity contribution in [3.8, 4) is 0 Å². The molecule has 0 bridgehead atoms. The van der Waals surface area contributed by atoms with Crippen LogP contribution in [0.2, 0.25) is 0 Å². The molecule has 0 radical (unpaired) electrons. The second kappa shape index (κ2) is 4.13. The number of nitrogen functional groups attached to an aromatic ring is 1. The highest BCUT2D eigenvalue weighted by atomic mass is 16.2. The lowest BCUT2D eigenvalue weighted by Gasteiger charge is -2.01. The first-order chi connectivity index (χ1) is 6.58. The molecule has 0 saturated carbocycles. The summed E-state index contributed by atoms with van der Waals surface area (Å²) in [4.78, 5) is 14.3. The molecular formula is C8H11N5O. The fourth-order valence-electron chi connectivity index (χ4n) is 0.835. The van der Waals surface area contributed by atoms with Crippen molar-refractivity contribution in [1.82, 2.24) is 0 Å². The molecule has 0 aliphatic rings. The van der Waals surface area contributed by atoms with E-state index in [4.69, 9.17) is 17.2 Å². The summed E-state index contributed by atoms with van der Waals surface area (Å²) in [5, 5.41) is 2.46. The Hall–Kier alpha value is -2.24. The topological polar surface area (TPSA) is 120 Å². The predicted molar refractivity (Wildman–Crippen MR) is 55.7 cm³/mol. The van der Waals surface area contributed by atoms with E-state index in [0.29, 0.717) is 11.4 Å². The zero-order valence-electron chi connectivity index (χ0n) is 7.40. The van der Waals surface area contributed by atoms with Crippen LogP contribution >= 0.6 is 0 Å². The van der Waals surface area contributed by atoms with E-state index in [0.717, 1.165) is 0 Å². The van der Waals surface area contributed by atoms with Crippen molar-refractivity contribution < 1.29 is 4.79 Å². The Morgan fingerprint density at radius 3 is 2.29 bits per heavy atom. The molecule has 0 heterocycles. The first-order valence-corrected chi connectivity index (χ1v) is 3.84. The summed E-state index contributed by atoms with van der Waals surface area (Å²) < 4.78 is 0. The van der Waals surface area contributed by atoms with Crippen LogP contribution in [0.4, 0.5) is 16.2 Å². The SMILES string of the molecule is NC(N)=NC(=O)Nc1ccc(N)cc1. The number of nitrogens with zero attached hydrogens (tertiary/aromatic N) is 1. The van der Waals surface area contributed by atoms with Gasteiger partial charge in [0.25, 0.3) is 0 Å². The summed E-state index contributed by atoms with van der Waals surface area (Å²) in [6, 6.07) is 6.00. The average molecular weight is 193 g/mol. The van der Waals surface area contributed by atoms with E-state index in [2.05, 4.69) is 10.3 Å². The maximum Gasteiger partial charge on any atom is 0.348 e. The normalized spacial score (nSPS) is 9.14. The second-order valence-electron chi connectivity index (χ2n) is 2.59. The van der Waals surface area contributed by atoms with E-state index in [-0.39, 0.29) is 5.96 Å². The predicted octanol–water partition coefficient (Wildman–Crippen LogP) is 0.0741. The summed E-state index contributed by atoms with van der Waals surface area (Å²) in [6.45, 7) is 0. The molecule has 7 N–H and O–H groups in total. The van der Waals surface area contributed by atoms with Crippen molar-refractivity contribution in [2.75, 3.05) is 11.1 Å². The summed E-state index contributed by atoms with van der Waals surface area (Å²) in [5.74, 6) is -0.280. The van der Waals surface area contributed by atoms with Gasteiger partial charge in [-0.05, 0) is 24.3 Å². The van der Waals surface area contributed by atoms with Gasteiger partial charge in [-0.1, -0.05) is 0 Å². The Morgan fingerprint density at radius 1 is 1.21 bits per heavy atom. The molecule has 14 heavy (non-hydrogen) atoms. The van der Waals surface area contributed by atoms with Crippen molar-refractivity contribution in [3.63, 3.8) is 0 Å². The number of anilines is 2. The number of amides is 2. The Morgan fingerprint density at radius 2 is 1.79 bits per heavy atom. The second-order valence-corrected chi connectivity index (χ2v) is 2.59. The number of benzene rings is 1. The van der Waals surface area contributed by atoms with Gasteiger partial charge in [0.2, 0.25) is 0 Å². The van der Waals surface area contributed by atoms with Gasteiger partial charge in [-0.3, -0.25) is 0 Å². The Kier molecular flexibility index (Phi) is 2.90. The fourth-order valence-corrected chi connectivity index (χ4v) is 0.835. The monoisotopic (exact) mass is 193 g/mol. The van der Waals surface area contributed by atoms with Crippen LogP contribution in [0.1, 0.15) is 0 Å². The number of aliphatic imine (C=N–C) groups is 1. The smallest absolute Gasteiger partial charge is 0.348 e. The van der Waals surface area contributed by atoms with E-state index < -0.39 is 6.03 Å². The number of rotatable bonds is 1. The summed E-state index contributed by atoms with van der Waals surface area (Å²) in [6.07, 6.45) is 0. The third-order valence-corrected chi connectivity index (χ3v) is 1.39. The average Bonchev–Trinajstić information content (AvgIpc) is 2.07. The minimum absolute atomic E-state index is 0.280. The Labute approximate surface area is 80.8 Å². The first kappa shape index (κ1) is 9.85. The van der Waals surface area contributed by atoms with Gasteiger partial charge in [-0.25, -0.2) is 4.79 Å². The molecule has 0 atom stereocenters. The number of hydrogen-bond acceptors (Lipinski definition) is 2. The maximum absolute atomic E-state index is 11.0. The van der Waals surface area contributed by atoms with Crippen LogP contribution in [-0.4, -0.2) is 12.0 Å². The minimum atomic E-state index is -0.616. The summed E-state index contributed by atoms with van der Waals surface area (Å²) in [7, 11) is 0. The molecule has 6 heteroatoms. The van der Waals surface area contributed by atoms with Gasteiger partial charge in [-0.15, -0.1) is 0 Å². The Bertz CT molecular complexity index is 352. The third kappa shape index (κ3) is 3.02. The molecule has 6 nitrogen and oxygen atoms in total. The van der Waals surface area contributed by atoms with Gasteiger partial charge in [0.1, 0.15) is 0 Å². The summed E-state index contributed by atoms with van der Waals surface area (Å²) in [5.41, 5.74) is 16.7. The van der Waals surface area contributed by atoms with E-state index in [1.807, 2.05) is 0 Å². The highest BCUT2D eigenvalue weighted by molar-refractivity contribution is 5.98. The molecule has 0 saturated heterocycles. The highest BCUT2D eigenvalue weighted by Crippen LogP contribution is 2.10. The Balaban J connectivity index is 2.66. The standard InChI is InChI=1S/C8H11N5O/c9-5-1-3-6(4-2-5)12-8(14)13-7(10)11/h1-4H,9H2,(H5,10,11,12,13,14). The lowest BCUT2D eigenvalue weighted by atomic mass is 10.3. The number of nitrogens with two attached hydrogens (primary N) is 3. The van der Waals surface area contributed by atoms with Crippen molar-refractivity contribution >= 4 is 23.4 Å². The van der Waals surface area contributed by atoms with Gasteiger partial charge in [0, 0.05) is 11.4 Å². The molecule has 1 aromatic rings. The molecule has 74 valence electrons. The molecule has 0 fully saturated rings. The largest absolute Gasteiger partial charge is 0.399 e. The number of carbonyl (C=O) groups excluding carboxylic acids is 1. The molecule has 0 aromatic heterocycles. The lowest BCUT2D eigenvalue weighted by Crippen LogP contribution is -2.25. The van der Waals surface area contributed by atoms with Crippen molar-refractivity contribution in [2.24, 2.45) is 16.5 Å². The van der Waals surface area contributed by atoms with E-state index in [1.165, 1.54) is 0 Å². The van der Waals surface area contributed by atoms with E-state index >= 15 is 0 Å². The number of nitrogens with one attached hydrogen (secondary N) is 1. The number of urea groups is 1.